The fourth-order valence-electron chi connectivity index (χ4n) is 3.78. The van der Waals surface area contributed by atoms with Crippen molar-refractivity contribution >= 4 is 22.1 Å². The van der Waals surface area contributed by atoms with Crippen molar-refractivity contribution in [1.29, 1.82) is 0 Å². The first-order chi connectivity index (χ1) is 13.1. The predicted molar refractivity (Wildman–Crippen MR) is 109 cm³/mol. The predicted octanol–water partition coefficient (Wildman–Crippen LogP) is 3.35. The second kappa shape index (κ2) is 7.04. The van der Waals surface area contributed by atoms with Gasteiger partial charge in [-0.3, -0.25) is 14.0 Å². The summed E-state index contributed by atoms with van der Waals surface area (Å²) in [5.74, 6) is 0.961. The number of hydrogen-bond acceptors (Lipinski definition) is 3. The molecule has 140 valence electrons. The van der Waals surface area contributed by atoms with Crippen LogP contribution in [0.1, 0.15) is 25.2 Å². The minimum absolute atomic E-state index is 0.0720. The van der Waals surface area contributed by atoms with Crippen LogP contribution in [0.25, 0.3) is 22.1 Å². The molecule has 0 aliphatic heterocycles. The van der Waals surface area contributed by atoms with Crippen LogP contribution in [0.3, 0.4) is 0 Å². The number of nitrogens with zero attached hydrogens (tertiary/aromatic N) is 4. The van der Waals surface area contributed by atoms with Crippen molar-refractivity contribution in [1.82, 2.24) is 24.0 Å². The van der Waals surface area contributed by atoms with Gasteiger partial charge in [-0.25, -0.2) is 9.78 Å². The largest absolute Gasteiger partial charge is 0.341 e. The van der Waals surface area contributed by atoms with Gasteiger partial charge in [0.2, 0.25) is 0 Å². The van der Waals surface area contributed by atoms with Crippen molar-refractivity contribution in [2.75, 3.05) is 7.05 Å². The van der Waals surface area contributed by atoms with E-state index < -0.39 is 0 Å². The van der Waals surface area contributed by atoms with E-state index in [9.17, 15) is 4.79 Å². The SMILES string of the molecule is CCn1c(=O)n(CC)c2cc(CN(C)Cc3nc4ccccc4[nH]3)ccc21. The fourth-order valence-corrected chi connectivity index (χ4v) is 3.78. The van der Waals surface area contributed by atoms with Gasteiger partial charge in [-0.1, -0.05) is 18.2 Å². The number of aryl methyl sites for hydroxylation is 2. The van der Waals surface area contributed by atoms with Crippen LogP contribution in [0.2, 0.25) is 0 Å². The zero-order valence-electron chi connectivity index (χ0n) is 16.1. The Labute approximate surface area is 158 Å². The van der Waals surface area contributed by atoms with Crippen molar-refractivity contribution in [2.24, 2.45) is 0 Å². The number of rotatable bonds is 6. The van der Waals surface area contributed by atoms with Gasteiger partial charge in [0.25, 0.3) is 0 Å². The van der Waals surface area contributed by atoms with Gasteiger partial charge >= 0.3 is 5.69 Å². The maximum atomic E-state index is 12.5. The Balaban J connectivity index is 1.58. The molecule has 6 heteroatoms. The summed E-state index contributed by atoms with van der Waals surface area (Å²) in [4.78, 5) is 22.8. The third kappa shape index (κ3) is 3.17. The molecule has 6 nitrogen and oxygen atoms in total. The van der Waals surface area contributed by atoms with E-state index in [4.69, 9.17) is 0 Å². The van der Waals surface area contributed by atoms with Crippen LogP contribution < -0.4 is 5.69 Å². The van der Waals surface area contributed by atoms with Crippen molar-refractivity contribution in [3.05, 3.63) is 64.3 Å². The Kier molecular flexibility index (Phi) is 4.58. The van der Waals surface area contributed by atoms with Crippen LogP contribution in [0.15, 0.2) is 47.3 Å². The highest BCUT2D eigenvalue weighted by Gasteiger charge is 2.12. The van der Waals surface area contributed by atoms with Gasteiger partial charge in [-0.05, 0) is 50.7 Å². The number of fused-ring (bicyclic) bond motifs is 2. The zero-order valence-corrected chi connectivity index (χ0v) is 16.1. The Bertz CT molecular complexity index is 1120. The van der Waals surface area contributed by atoms with Gasteiger partial charge in [-0.2, -0.15) is 0 Å². The molecule has 0 atom stereocenters. The lowest BCUT2D eigenvalue weighted by Gasteiger charge is -2.15. The molecule has 2 aromatic carbocycles. The molecule has 27 heavy (non-hydrogen) atoms. The molecule has 0 spiro atoms. The molecule has 0 aliphatic rings. The first-order valence-corrected chi connectivity index (χ1v) is 9.44. The molecule has 1 N–H and O–H groups in total. The van der Waals surface area contributed by atoms with E-state index >= 15 is 0 Å². The summed E-state index contributed by atoms with van der Waals surface area (Å²) in [5, 5.41) is 0. The normalized spacial score (nSPS) is 11.9. The monoisotopic (exact) mass is 363 g/mol. The molecular weight excluding hydrogens is 338 g/mol. The van der Waals surface area contributed by atoms with E-state index in [-0.39, 0.29) is 5.69 Å². The van der Waals surface area contributed by atoms with Gasteiger partial charge in [0.05, 0.1) is 28.6 Å². The Morgan fingerprint density at radius 2 is 1.74 bits per heavy atom. The van der Waals surface area contributed by atoms with E-state index in [0.29, 0.717) is 13.1 Å². The maximum absolute atomic E-state index is 12.5. The molecule has 0 radical (unpaired) electrons. The molecule has 0 unspecified atom stereocenters. The number of para-hydroxylation sites is 2. The highest BCUT2D eigenvalue weighted by atomic mass is 16.1. The summed E-state index contributed by atoms with van der Waals surface area (Å²) in [6.07, 6.45) is 0. The number of hydrogen-bond donors (Lipinski definition) is 1. The van der Waals surface area contributed by atoms with Gasteiger partial charge < -0.3 is 4.98 Å². The number of imidazole rings is 2. The van der Waals surface area contributed by atoms with E-state index in [1.165, 1.54) is 5.56 Å². The summed E-state index contributed by atoms with van der Waals surface area (Å²) in [5.41, 5.74) is 5.34. The molecule has 0 saturated heterocycles. The summed E-state index contributed by atoms with van der Waals surface area (Å²) in [7, 11) is 2.08. The third-order valence-electron chi connectivity index (χ3n) is 5.03. The van der Waals surface area contributed by atoms with Crippen molar-refractivity contribution in [3.63, 3.8) is 0 Å². The van der Waals surface area contributed by atoms with Gasteiger partial charge in [0.1, 0.15) is 5.82 Å². The van der Waals surface area contributed by atoms with E-state index in [1.54, 1.807) is 0 Å². The minimum Gasteiger partial charge on any atom is -0.341 e. The van der Waals surface area contributed by atoms with E-state index in [1.807, 2.05) is 47.2 Å². The van der Waals surface area contributed by atoms with Crippen LogP contribution in [0.5, 0.6) is 0 Å². The molecule has 0 saturated carbocycles. The van der Waals surface area contributed by atoms with Gasteiger partial charge in [-0.15, -0.1) is 0 Å². The Morgan fingerprint density at radius 3 is 2.48 bits per heavy atom. The Hall–Kier alpha value is -2.86. The van der Waals surface area contributed by atoms with Gasteiger partial charge in [0, 0.05) is 19.6 Å². The number of benzene rings is 2. The van der Waals surface area contributed by atoms with Gasteiger partial charge in [0.15, 0.2) is 0 Å². The second-order valence-corrected chi connectivity index (χ2v) is 6.97. The van der Waals surface area contributed by atoms with Crippen molar-refractivity contribution in [3.8, 4) is 0 Å². The summed E-state index contributed by atoms with van der Waals surface area (Å²) in [6, 6.07) is 14.4. The first kappa shape index (κ1) is 17.5. The number of aromatic amines is 1. The molecule has 4 aromatic rings. The number of aromatic nitrogens is 4. The third-order valence-corrected chi connectivity index (χ3v) is 5.03. The molecule has 0 amide bonds. The maximum Gasteiger partial charge on any atom is 0.329 e. The topological polar surface area (TPSA) is 58.9 Å². The molecule has 0 fully saturated rings. The minimum atomic E-state index is 0.0720. The summed E-state index contributed by atoms with van der Waals surface area (Å²) >= 11 is 0. The summed E-state index contributed by atoms with van der Waals surface area (Å²) in [6.45, 7) is 6.93. The molecule has 0 aliphatic carbocycles. The summed E-state index contributed by atoms with van der Waals surface area (Å²) < 4.78 is 3.68. The lowest BCUT2D eigenvalue weighted by molar-refractivity contribution is 0.312. The highest BCUT2D eigenvalue weighted by Crippen LogP contribution is 2.18. The smallest absolute Gasteiger partial charge is 0.329 e. The van der Waals surface area contributed by atoms with Crippen LogP contribution in [-0.4, -0.2) is 31.0 Å². The average molecular weight is 363 g/mol. The molecule has 2 heterocycles. The van der Waals surface area contributed by atoms with E-state index in [2.05, 4.69) is 40.1 Å². The quantitative estimate of drug-likeness (QED) is 0.571. The van der Waals surface area contributed by atoms with Crippen molar-refractivity contribution < 1.29 is 0 Å². The standard InChI is InChI=1S/C21H25N5O/c1-4-25-18-11-10-15(12-19(18)26(5-2)21(25)27)13-24(3)14-20-22-16-8-6-7-9-17(16)23-20/h6-12H,4-5,13-14H2,1-3H3,(H,22,23). The van der Waals surface area contributed by atoms with Crippen LogP contribution in [0, 0.1) is 0 Å². The van der Waals surface area contributed by atoms with Crippen LogP contribution in [-0.2, 0) is 26.2 Å². The molecule has 0 bridgehead atoms. The second-order valence-electron chi connectivity index (χ2n) is 6.97. The lowest BCUT2D eigenvalue weighted by Crippen LogP contribution is -2.23. The number of H-pyrrole nitrogens is 1. The first-order valence-electron chi connectivity index (χ1n) is 9.44. The van der Waals surface area contributed by atoms with Crippen LogP contribution >= 0.6 is 0 Å². The fraction of sp³-hybridized carbons (Fsp3) is 0.333. The van der Waals surface area contributed by atoms with Crippen LogP contribution in [0.4, 0.5) is 0 Å². The highest BCUT2D eigenvalue weighted by molar-refractivity contribution is 5.77. The number of nitrogens with one attached hydrogen (secondary N) is 1. The molecule has 2 aromatic heterocycles. The lowest BCUT2D eigenvalue weighted by atomic mass is 10.2. The van der Waals surface area contributed by atoms with Crippen molar-refractivity contribution in [2.45, 2.75) is 40.0 Å². The Morgan fingerprint density at radius 1 is 1.00 bits per heavy atom. The molecule has 4 rings (SSSR count). The van der Waals surface area contributed by atoms with E-state index in [0.717, 1.165) is 41.0 Å². The molecular formula is C21H25N5O. The zero-order chi connectivity index (χ0) is 19.0. The average Bonchev–Trinajstić information content (AvgIpc) is 3.17.